The monoisotopic (exact) mass is 294 g/mol. The van der Waals surface area contributed by atoms with Crippen LogP contribution in [0.25, 0.3) is 0 Å². The van der Waals surface area contributed by atoms with Crippen LogP contribution in [0.1, 0.15) is 31.2 Å². The van der Waals surface area contributed by atoms with Crippen LogP contribution < -0.4 is 4.72 Å². The van der Waals surface area contributed by atoms with Gasteiger partial charge in [0.05, 0.1) is 23.5 Å². The molecular formula is C14H18N2O3S. The molecule has 0 bridgehead atoms. The number of aliphatic hydroxyl groups is 1. The topological polar surface area (TPSA) is 90.2 Å². The zero-order chi connectivity index (χ0) is 14.6. The fourth-order valence-corrected chi connectivity index (χ4v) is 3.70. The molecule has 5 nitrogen and oxygen atoms in total. The third kappa shape index (κ3) is 3.57. The number of hydrogen-bond acceptors (Lipinski definition) is 4. The minimum atomic E-state index is -3.62. The van der Waals surface area contributed by atoms with E-state index in [2.05, 4.69) is 4.72 Å². The molecule has 0 unspecified atom stereocenters. The van der Waals surface area contributed by atoms with Crippen LogP contribution in [0.15, 0.2) is 29.2 Å². The molecule has 0 aromatic heterocycles. The van der Waals surface area contributed by atoms with Gasteiger partial charge in [-0.25, -0.2) is 13.1 Å². The molecule has 2 N–H and O–H groups in total. The summed E-state index contributed by atoms with van der Waals surface area (Å²) in [5.74, 6) is 0. The van der Waals surface area contributed by atoms with Gasteiger partial charge in [-0.05, 0) is 30.5 Å². The van der Waals surface area contributed by atoms with Crippen LogP contribution >= 0.6 is 0 Å². The molecule has 2 atom stereocenters. The Balaban J connectivity index is 2.11. The second-order valence-corrected chi connectivity index (χ2v) is 6.77. The Morgan fingerprint density at radius 1 is 1.25 bits per heavy atom. The highest BCUT2D eigenvalue weighted by molar-refractivity contribution is 7.89. The van der Waals surface area contributed by atoms with Crippen molar-refractivity contribution in [2.24, 2.45) is 0 Å². The Kier molecular flexibility index (Phi) is 4.76. The second kappa shape index (κ2) is 6.35. The van der Waals surface area contributed by atoms with Crippen molar-refractivity contribution in [2.75, 3.05) is 0 Å². The molecule has 0 spiro atoms. The zero-order valence-electron chi connectivity index (χ0n) is 11.1. The van der Waals surface area contributed by atoms with Crippen LogP contribution in [0.3, 0.4) is 0 Å². The van der Waals surface area contributed by atoms with Gasteiger partial charge in [0.15, 0.2) is 0 Å². The van der Waals surface area contributed by atoms with Crippen molar-refractivity contribution in [1.29, 1.82) is 5.26 Å². The number of sulfonamides is 1. The summed E-state index contributed by atoms with van der Waals surface area (Å²) in [6.45, 7) is 0. The highest BCUT2D eigenvalue weighted by Gasteiger charge is 2.27. The highest BCUT2D eigenvalue weighted by Crippen LogP contribution is 2.20. The standard InChI is InChI=1S/C14H18N2O3S/c15-10-9-11-5-7-12(8-6-11)20(18,19)16-13-3-1-2-4-14(13)17/h5-8,13-14,16-17H,1-4,9H2/t13-,14-/m1/s1. The maximum atomic E-state index is 12.2. The van der Waals surface area contributed by atoms with E-state index in [0.717, 1.165) is 18.4 Å². The fourth-order valence-electron chi connectivity index (χ4n) is 2.39. The molecular weight excluding hydrogens is 276 g/mol. The van der Waals surface area contributed by atoms with Crippen molar-refractivity contribution in [3.8, 4) is 6.07 Å². The fraction of sp³-hybridized carbons (Fsp3) is 0.500. The van der Waals surface area contributed by atoms with Crippen LogP contribution in [-0.2, 0) is 16.4 Å². The van der Waals surface area contributed by atoms with E-state index in [-0.39, 0.29) is 11.3 Å². The number of rotatable bonds is 4. The summed E-state index contributed by atoms with van der Waals surface area (Å²) in [7, 11) is -3.62. The first kappa shape index (κ1) is 15.0. The molecule has 0 aliphatic heterocycles. The Morgan fingerprint density at radius 2 is 1.90 bits per heavy atom. The smallest absolute Gasteiger partial charge is 0.240 e. The average Bonchev–Trinajstić information content (AvgIpc) is 2.42. The van der Waals surface area contributed by atoms with Crippen molar-refractivity contribution in [3.05, 3.63) is 29.8 Å². The lowest BCUT2D eigenvalue weighted by Crippen LogP contribution is -2.44. The minimum Gasteiger partial charge on any atom is -0.391 e. The molecule has 0 saturated heterocycles. The molecule has 2 rings (SSSR count). The molecule has 1 aromatic rings. The van der Waals surface area contributed by atoms with E-state index in [1.54, 1.807) is 12.1 Å². The molecule has 108 valence electrons. The highest BCUT2D eigenvalue weighted by atomic mass is 32.2. The van der Waals surface area contributed by atoms with Crippen molar-refractivity contribution >= 4 is 10.0 Å². The molecule has 0 heterocycles. The number of aliphatic hydroxyl groups excluding tert-OH is 1. The summed E-state index contributed by atoms with van der Waals surface area (Å²) in [5.41, 5.74) is 0.782. The summed E-state index contributed by atoms with van der Waals surface area (Å²) in [5, 5.41) is 18.4. The summed E-state index contributed by atoms with van der Waals surface area (Å²) in [4.78, 5) is 0.164. The van der Waals surface area contributed by atoms with Crippen LogP contribution in [-0.4, -0.2) is 25.7 Å². The first-order valence-corrected chi connectivity index (χ1v) is 8.17. The minimum absolute atomic E-state index is 0.164. The van der Waals surface area contributed by atoms with Gasteiger partial charge in [-0.3, -0.25) is 0 Å². The number of benzene rings is 1. The van der Waals surface area contributed by atoms with Crippen LogP contribution in [0, 0.1) is 11.3 Å². The zero-order valence-corrected chi connectivity index (χ0v) is 11.9. The van der Waals surface area contributed by atoms with Crippen molar-refractivity contribution in [2.45, 2.75) is 49.1 Å². The molecule has 6 heteroatoms. The van der Waals surface area contributed by atoms with Gasteiger partial charge in [0.25, 0.3) is 0 Å². The van der Waals surface area contributed by atoms with Gasteiger partial charge in [0.2, 0.25) is 10.0 Å². The number of hydrogen-bond donors (Lipinski definition) is 2. The summed E-state index contributed by atoms with van der Waals surface area (Å²) in [6.07, 6.45) is 2.79. The summed E-state index contributed by atoms with van der Waals surface area (Å²) < 4.78 is 27.0. The summed E-state index contributed by atoms with van der Waals surface area (Å²) in [6, 6.07) is 7.85. The van der Waals surface area contributed by atoms with E-state index in [4.69, 9.17) is 5.26 Å². The lowest BCUT2D eigenvalue weighted by atomic mass is 9.93. The Bertz CT molecular complexity index is 590. The molecule has 20 heavy (non-hydrogen) atoms. The maximum Gasteiger partial charge on any atom is 0.240 e. The quantitative estimate of drug-likeness (QED) is 0.876. The molecule has 0 amide bonds. The lowest BCUT2D eigenvalue weighted by Gasteiger charge is -2.28. The van der Waals surface area contributed by atoms with Gasteiger partial charge < -0.3 is 5.11 Å². The Morgan fingerprint density at radius 3 is 2.50 bits per heavy atom. The van der Waals surface area contributed by atoms with Gasteiger partial charge >= 0.3 is 0 Å². The SMILES string of the molecule is N#CCc1ccc(S(=O)(=O)N[C@@H]2CCCC[C@H]2O)cc1. The van der Waals surface area contributed by atoms with E-state index in [1.807, 2.05) is 6.07 Å². The Labute approximate surface area is 119 Å². The summed E-state index contributed by atoms with van der Waals surface area (Å²) >= 11 is 0. The molecule has 1 fully saturated rings. The normalized spacial score (nSPS) is 23.2. The molecule has 1 aliphatic rings. The van der Waals surface area contributed by atoms with Gasteiger partial charge in [-0.1, -0.05) is 25.0 Å². The van der Waals surface area contributed by atoms with E-state index in [0.29, 0.717) is 12.8 Å². The molecule has 1 saturated carbocycles. The Hall–Kier alpha value is -1.42. The van der Waals surface area contributed by atoms with E-state index in [1.165, 1.54) is 12.1 Å². The van der Waals surface area contributed by atoms with Crippen molar-refractivity contribution < 1.29 is 13.5 Å². The largest absolute Gasteiger partial charge is 0.391 e. The number of nitrogens with one attached hydrogen (secondary N) is 1. The van der Waals surface area contributed by atoms with E-state index in [9.17, 15) is 13.5 Å². The van der Waals surface area contributed by atoms with E-state index >= 15 is 0 Å². The molecule has 0 radical (unpaired) electrons. The van der Waals surface area contributed by atoms with Gasteiger partial charge in [0, 0.05) is 6.04 Å². The number of nitrogens with zero attached hydrogens (tertiary/aromatic N) is 1. The van der Waals surface area contributed by atoms with Gasteiger partial charge in [-0.2, -0.15) is 5.26 Å². The lowest BCUT2D eigenvalue weighted by molar-refractivity contribution is 0.101. The predicted octanol–water partition coefficient (Wildman–Crippen LogP) is 1.33. The van der Waals surface area contributed by atoms with Gasteiger partial charge in [-0.15, -0.1) is 0 Å². The average molecular weight is 294 g/mol. The van der Waals surface area contributed by atoms with Crippen LogP contribution in [0.4, 0.5) is 0 Å². The van der Waals surface area contributed by atoms with Crippen LogP contribution in [0.2, 0.25) is 0 Å². The van der Waals surface area contributed by atoms with Gasteiger partial charge in [0.1, 0.15) is 0 Å². The first-order chi connectivity index (χ1) is 9.53. The molecule has 1 aromatic carbocycles. The van der Waals surface area contributed by atoms with Crippen molar-refractivity contribution in [1.82, 2.24) is 4.72 Å². The first-order valence-electron chi connectivity index (χ1n) is 6.69. The number of nitriles is 1. The van der Waals surface area contributed by atoms with E-state index < -0.39 is 22.2 Å². The maximum absolute atomic E-state index is 12.2. The van der Waals surface area contributed by atoms with Crippen LogP contribution in [0.5, 0.6) is 0 Å². The second-order valence-electron chi connectivity index (χ2n) is 5.06. The predicted molar refractivity (Wildman–Crippen MR) is 74.3 cm³/mol. The third-order valence-electron chi connectivity index (χ3n) is 3.55. The van der Waals surface area contributed by atoms with Crippen molar-refractivity contribution in [3.63, 3.8) is 0 Å². The molecule has 1 aliphatic carbocycles. The third-order valence-corrected chi connectivity index (χ3v) is 5.06.